The van der Waals surface area contributed by atoms with Crippen LogP contribution in [0.1, 0.15) is 53.4 Å². The quantitative estimate of drug-likeness (QED) is 0.560. The van der Waals surface area contributed by atoms with Crippen molar-refractivity contribution >= 4 is 5.97 Å². The minimum atomic E-state index is -0.826. The third-order valence-corrected chi connectivity index (χ3v) is 3.51. The van der Waals surface area contributed by atoms with Gasteiger partial charge in [-0.05, 0) is 32.2 Å². The molecule has 4 heteroatoms. The summed E-state index contributed by atoms with van der Waals surface area (Å²) in [6, 6.07) is 0. The van der Waals surface area contributed by atoms with E-state index in [4.69, 9.17) is 4.74 Å². The van der Waals surface area contributed by atoms with E-state index in [9.17, 15) is 9.90 Å². The maximum absolute atomic E-state index is 11.2. The predicted molar refractivity (Wildman–Crippen MR) is 73.8 cm³/mol. The van der Waals surface area contributed by atoms with E-state index in [0.29, 0.717) is 25.5 Å². The summed E-state index contributed by atoms with van der Waals surface area (Å²) < 4.78 is 5.61. The van der Waals surface area contributed by atoms with Gasteiger partial charge in [-0.25, -0.2) is 0 Å². The van der Waals surface area contributed by atoms with Crippen LogP contribution in [0.15, 0.2) is 0 Å². The Kier molecular flexibility index (Phi) is 9.02. The van der Waals surface area contributed by atoms with Gasteiger partial charge in [0.1, 0.15) is 5.54 Å². The van der Waals surface area contributed by atoms with Crippen LogP contribution >= 0.6 is 0 Å². The first kappa shape index (κ1) is 17.4. The van der Waals surface area contributed by atoms with E-state index in [1.807, 2.05) is 6.92 Å². The van der Waals surface area contributed by atoms with Crippen molar-refractivity contribution in [3.05, 3.63) is 0 Å². The fourth-order valence-corrected chi connectivity index (χ4v) is 1.96. The van der Waals surface area contributed by atoms with Gasteiger partial charge in [0.15, 0.2) is 0 Å². The smallest absolute Gasteiger partial charge is 0.323 e. The molecular formula is C14H29NO3. The third-order valence-electron chi connectivity index (χ3n) is 3.51. The monoisotopic (exact) mass is 259 g/mol. The van der Waals surface area contributed by atoms with Crippen LogP contribution in [0.4, 0.5) is 0 Å². The number of likely N-dealkylation sites (N-methyl/N-ethyl adjacent to an activating group) is 1. The zero-order valence-electron chi connectivity index (χ0n) is 12.3. The van der Waals surface area contributed by atoms with E-state index in [-0.39, 0.29) is 0 Å². The number of rotatable bonds is 11. The molecule has 0 radical (unpaired) electrons. The lowest BCUT2D eigenvalue weighted by atomic mass is 9.96. The summed E-state index contributed by atoms with van der Waals surface area (Å²) in [6.45, 7) is 10.1. The van der Waals surface area contributed by atoms with Gasteiger partial charge in [0.25, 0.3) is 0 Å². The Labute approximate surface area is 111 Å². The molecule has 0 aliphatic rings. The summed E-state index contributed by atoms with van der Waals surface area (Å²) in [5, 5.41) is 12.2. The second-order valence-electron chi connectivity index (χ2n) is 5.03. The van der Waals surface area contributed by atoms with Gasteiger partial charge in [0.2, 0.25) is 0 Å². The molecule has 0 aromatic carbocycles. The molecule has 0 amide bonds. The molecular weight excluding hydrogens is 230 g/mol. The summed E-state index contributed by atoms with van der Waals surface area (Å²) in [5.74, 6) is -0.158. The third kappa shape index (κ3) is 6.36. The maximum Gasteiger partial charge on any atom is 0.323 e. The number of carbonyl (C=O) groups is 1. The van der Waals surface area contributed by atoms with Crippen LogP contribution < -0.4 is 5.32 Å². The summed E-state index contributed by atoms with van der Waals surface area (Å²) in [4.78, 5) is 11.2. The number of hydrogen-bond acceptors (Lipinski definition) is 3. The number of carboxylic acid groups (broad SMARTS) is 1. The standard InChI is InChI=1S/C14H29NO3/c1-5-12(6-2)11-18-10-8-9-14(4,13(16)17)15-7-3/h12,15H,5-11H2,1-4H3,(H,16,17). The van der Waals surface area contributed by atoms with Crippen LogP contribution in [0, 0.1) is 5.92 Å². The minimum absolute atomic E-state index is 0.596. The Hall–Kier alpha value is -0.610. The highest BCUT2D eigenvalue weighted by atomic mass is 16.5. The van der Waals surface area contributed by atoms with E-state index >= 15 is 0 Å². The lowest BCUT2D eigenvalue weighted by molar-refractivity contribution is -0.144. The van der Waals surface area contributed by atoms with Crippen LogP contribution in [0.25, 0.3) is 0 Å². The zero-order valence-corrected chi connectivity index (χ0v) is 12.3. The van der Waals surface area contributed by atoms with Crippen molar-refractivity contribution in [3.8, 4) is 0 Å². The first-order valence-corrected chi connectivity index (χ1v) is 7.06. The van der Waals surface area contributed by atoms with Crippen molar-refractivity contribution < 1.29 is 14.6 Å². The average molecular weight is 259 g/mol. The number of ether oxygens (including phenoxy) is 1. The molecule has 0 saturated heterocycles. The second-order valence-corrected chi connectivity index (χ2v) is 5.03. The molecule has 18 heavy (non-hydrogen) atoms. The van der Waals surface area contributed by atoms with E-state index in [2.05, 4.69) is 19.2 Å². The van der Waals surface area contributed by atoms with Gasteiger partial charge in [-0.3, -0.25) is 4.79 Å². The molecule has 0 spiro atoms. The van der Waals surface area contributed by atoms with Crippen molar-refractivity contribution in [2.24, 2.45) is 5.92 Å². The zero-order chi connectivity index (χ0) is 14.0. The van der Waals surface area contributed by atoms with Crippen LogP contribution in [-0.4, -0.2) is 36.4 Å². The molecule has 108 valence electrons. The van der Waals surface area contributed by atoms with Gasteiger partial charge >= 0.3 is 5.97 Å². The van der Waals surface area contributed by atoms with Crippen molar-refractivity contribution in [1.82, 2.24) is 5.32 Å². The van der Waals surface area contributed by atoms with Gasteiger partial charge < -0.3 is 15.2 Å². The van der Waals surface area contributed by atoms with E-state index in [1.54, 1.807) is 6.92 Å². The van der Waals surface area contributed by atoms with Crippen LogP contribution in [0.5, 0.6) is 0 Å². The van der Waals surface area contributed by atoms with E-state index in [0.717, 1.165) is 25.9 Å². The second kappa shape index (κ2) is 9.34. The SMILES string of the molecule is CCNC(C)(CCCOCC(CC)CC)C(=O)O. The van der Waals surface area contributed by atoms with Crippen molar-refractivity contribution in [3.63, 3.8) is 0 Å². The maximum atomic E-state index is 11.2. The lowest BCUT2D eigenvalue weighted by Crippen LogP contribution is -2.49. The van der Waals surface area contributed by atoms with Gasteiger partial charge in [0.05, 0.1) is 0 Å². The number of hydrogen-bond donors (Lipinski definition) is 2. The molecule has 0 heterocycles. The van der Waals surface area contributed by atoms with Gasteiger partial charge in [-0.1, -0.05) is 33.6 Å². The van der Waals surface area contributed by atoms with Crippen LogP contribution in [0.2, 0.25) is 0 Å². The number of carboxylic acids is 1. The topological polar surface area (TPSA) is 58.6 Å². The molecule has 0 fully saturated rings. The van der Waals surface area contributed by atoms with Gasteiger partial charge in [-0.15, -0.1) is 0 Å². The molecule has 1 unspecified atom stereocenters. The molecule has 2 N–H and O–H groups in total. The number of aliphatic carboxylic acids is 1. The molecule has 0 bridgehead atoms. The Morgan fingerprint density at radius 1 is 1.33 bits per heavy atom. The Balaban J connectivity index is 3.84. The van der Waals surface area contributed by atoms with Crippen molar-refractivity contribution in [2.45, 2.75) is 58.9 Å². The van der Waals surface area contributed by atoms with Crippen LogP contribution in [-0.2, 0) is 9.53 Å². The molecule has 0 aliphatic carbocycles. The minimum Gasteiger partial charge on any atom is -0.480 e. The molecule has 0 aromatic heterocycles. The highest BCUT2D eigenvalue weighted by Gasteiger charge is 2.31. The first-order chi connectivity index (χ1) is 8.50. The van der Waals surface area contributed by atoms with E-state index < -0.39 is 11.5 Å². The highest BCUT2D eigenvalue weighted by molar-refractivity contribution is 5.78. The van der Waals surface area contributed by atoms with Crippen molar-refractivity contribution in [2.75, 3.05) is 19.8 Å². The molecule has 0 aromatic rings. The molecule has 4 nitrogen and oxygen atoms in total. The Morgan fingerprint density at radius 2 is 1.94 bits per heavy atom. The van der Waals surface area contributed by atoms with Crippen molar-refractivity contribution in [1.29, 1.82) is 0 Å². The Morgan fingerprint density at radius 3 is 2.39 bits per heavy atom. The summed E-state index contributed by atoms with van der Waals surface area (Å²) in [5.41, 5.74) is -0.826. The molecule has 0 aliphatic heterocycles. The number of nitrogens with one attached hydrogen (secondary N) is 1. The first-order valence-electron chi connectivity index (χ1n) is 7.06. The normalized spacial score (nSPS) is 14.7. The molecule has 0 saturated carbocycles. The highest BCUT2D eigenvalue weighted by Crippen LogP contribution is 2.13. The summed E-state index contributed by atoms with van der Waals surface area (Å²) in [6.07, 6.45) is 3.65. The lowest BCUT2D eigenvalue weighted by Gasteiger charge is -2.25. The largest absolute Gasteiger partial charge is 0.480 e. The van der Waals surface area contributed by atoms with Gasteiger partial charge in [-0.2, -0.15) is 0 Å². The molecule has 0 rings (SSSR count). The molecule has 1 atom stereocenters. The Bertz CT molecular complexity index is 229. The summed E-state index contributed by atoms with van der Waals surface area (Å²) in [7, 11) is 0. The summed E-state index contributed by atoms with van der Waals surface area (Å²) >= 11 is 0. The average Bonchev–Trinajstić information content (AvgIpc) is 2.34. The van der Waals surface area contributed by atoms with Gasteiger partial charge in [0, 0.05) is 13.2 Å². The van der Waals surface area contributed by atoms with Crippen LogP contribution in [0.3, 0.4) is 0 Å². The van der Waals surface area contributed by atoms with E-state index in [1.165, 1.54) is 0 Å². The predicted octanol–water partition coefficient (Wildman–Crippen LogP) is 2.67. The fourth-order valence-electron chi connectivity index (χ4n) is 1.96. The fraction of sp³-hybridized carbons (Fsp3) is 0.929.